The fourth-order valence-electron chi connectivity index (χ4n) is 36.7. The molecule has 14 heteroatoms. The Labute approximate surface area is 861 Å². The second kappa shape index (κ2) is 41.8. The lowest BCUT2D eigenvalue weighted by Gasteiger charge is -2.61. The Morgan fingerprint density at radius 3 is 0.695 bits per heavy atom. The Morgan fingerprint density at radius 2 is 0.454 bits per heavy atom. The van der Waals surface area contributed by atoms with Crippen LogP contribution in [0.25, 0.3) is 0 Å². The van der Waals surface area contributed by atoms with Crippen LogP contribution in [0.15, 0.2) is 0 Å². The molecule has 0 spiro atoms. The molecular formula is C127H212O14. The molecule has 28 rings (SSSR count). The molecule has 0 amide bonds. The van der Waals surface area contributed by atoms with E-state index in [1.807, 2.05) is 83.1 Å². The van der Waals surface area contributed by atoms with E-state index in [0.717, 1.165) is 158 Å². The molecule has 28 aliphatic carbocycles. The quantitative estimate of drug-likeness (QED) is 0.0532. The molecule has 28 aliphatic rings. The van der Waals surface area contributed by atoms with E-state index in [2.05, 4.69) is 118 Å². The van der Waals surface area contributed by atoms with Crippen LogP contribution in [0.1, 0.15) is 515 Å². The average Bonchev–Trinajstić information content (AvgIpc) is 0.446. The first-order valence-electron chi connectivity index (χ1n) is 60.5. The molecular weight excluding hydrogens is 1750 g/mol. The van der Waals surface area contributed by atoms with Crippen LogP contribution in [0.2, 0.25) is 0 Å². The van der Waals surface area contributed by atoms with Crippen molar-refractivity contribution in [3.8, 4) is 0 Å². The van der Waals surface area contributed by atoms with E-state index in [0.29, 0.717) is 47.3 Å². The largest absolute Gasteiger partial charge is 0.459 e. The SMILES string of the molecule is CCC(C)(C)C(=O)OC(C)(C)C12CC3CC(CC(C3)C1)C2.CCC(C)(C)C(=O)OC(C)(C)C12CC3CC(CC(C3)C1)C2.CCC(C)(C)C(=O)OC1(C)C2CC3CC(C2)CC1C3.CCC(C)(C)C(=O)OC1(CC)C2CC3CC(C2)CC1C3.CCC(C)C(=O)OC(C)(C)C12CC3CC(CC(C3)C1)C2.CCC(C)C(=O)OC1(C)C2CC3CC(C2)CC1C3.CCCCC1(OC(=O)C(C)(C)CC)C2CC3CC(C2)CC1C3. The molecule has 2 unspecified atom stereocenters. The Hall–Kier alpha value is -3.71. The molecule has 0 N–H and O–H groups in total. The van der Waals surface area contributed by atoms with E-state index >= 15 is 0 Å². The zero-order valence-corrected chi connectivity index (χ0v) is 96.0. The third kappa shape index (κ3) is 22.3. The van der Waals surface area contributed by atoms with Gasteiger partial charge in [-0.15, -0.1) is 0 Å². The second-order valence-electron chi connectivity index (χ2n) is 59.7. The van der Waals surface area contributed by atoms with Crippen molar-refractivity contribution in [3.63, 3.8) is 0 Å². The lowest BCUT2D eigenvalue weighted by molar-refractivity contribution is -0.220. The van der Waals surface area contributed by atoms with Crippen molar-refractivity contribution in [2.75, 3.05) is 0 Å². The highest BCUT2D eigenvalue weighted by molar-refractivity contribution is 5.79. The van der Waals surface area contributed by atoms with Gasteiger partial charge in [-0.25, -0.2) is 0 Å². The van der Waals surface area contributed by atoms with Crippen LogP contribution in [0.4, 0.5) is 0 Å². The Balaban J connectivity index is 0.000000124. The highest BCUT2D eigenvalue weighted by atomic mass is 16.6. The Kier molecular flexibility index (Phi) is 33.0. The molecule has 0 heterocycles. The van der Waals surface area contributed by atoms with E-state index in [9.17, 15) is 33.6 Å². The highest BCUT2D eigenvalue weighted by Gasteiger charge is 2.67. The van der Waals surface area contributed by atoms with E-state index in [-0.39, 0.29) is 136 Å². The molecule has 0 aromatic rings. The zero-order chi connectivity index (χ0) is 103. The summed E-state index contributed by atoms with van der Waals surface area (Å²) >= 11 is 0. The van der Waals surface area contributed by atoms with Gasteiger partial charge in [0.2, 0.25) is 0 Å². The summed E-state index contributed by atoms with van der Waals surface area (Å²) in [6.07, 6.45) is 61.7. The molecule has 2 atom stereocenters. The molecule has 0 aliphatic heterocycles. The number of hydrogen-bond donors (Lipinski definition) is 0. The predicted octanol–water partition coefficient (Wildman–Crippen LogP) is 32.4. The molecule has 28 saturated carbocycles. The minimum absolute atomic E-state index is 0.00763. The molecule has 0 aromatic carbocycles. The van der Waals surface area contributed by atoms with Crippen molar-refractivity contribution in [1.82, 2.24) is 0 Å². The van der Waals surface area contributed by atoms with E-state index in [1.54, 1.807) is 0 Å². The number of carbonyl (C=O) groups excluding carboxylic acids is 7. The standard InChI is InChI=1S/C20H34O2.2C19H32O2.2C18H30O2.C17H28O2.C16H26O2/c1-5-7-8-20(22-18(21)19(3,4)6-2)16-10-14-9-15(12-16)13-17(20)11-14;2*1-6-17(2,3)16(20)21-18(4,5)19-10-13-7-14(11-19)9-15(8-13)12-19;1-5-12(2)16(19)20-17(3,4)18-9-13-6-14(10-18)8-15(7-13)11-18;1-5-17(3,4)16(19)20-18(6-2)14-8-12-7-13(10-14)11-15(18)9-12;1-5-16(2,3)15(18)19-17(4)13-7-11-6-12(9-13)10-14(17)8-11;1-4-10(2)15(17)18-16(3)13-6-11-5-12(8-13)9-14(16)7-11/h14-17H,5-13H2,1-4H3;2*13-15H,6-12H2,1-5H3;2*12-15H,5-11H2,1-4H3;11-14H,5-10H2,1-4H3;10-14H,4-9H2,1-3H3. The van der Waals surface area contributed by atoms with Gasteiger partial charge in [0.25, 0.3) is 0 Å². The van der Waals surface area contributed by atoms with Crippen molar-refractivity contribution >= 4 is 41.8 Å². The first-order valence-corrected chi connectivity index (χ1v) is 60.5. The van der Waals surface area contributed by atoms with Gasteiger partial charge in [0.1, 0.15) is 39.2 Å². The van der Waals surface area contributed by atoms with E-state index in [1.165, 1.54) is 257 Å². The van der Waals surface area contributed by atoms with Crippen molar-refractivity contribution < 1.29 is 66.7 Å². The summed E-state index contributed by atoms with van der Waals surface area (Å²) in [5.41, 5.74) is -2.44. The maximum absolute atomic E-state index is 12.8. The lowest BCUT2D eigenvalue weighted by atomic mass is 9.46. The van der Waals surface area contributed by atoms with Crippen LogP contribution >= 0.6 is 0 Å². The fourth-order valence-corrected chi connectivity index (χ4v) is 36.7. The van der Waals surface area contributed by atoms with Crippen molar-refractivity contribution in [2.45, 2.75) is 555 Å². The fraction of sp³-hybridized carbons (Fsp3) is 0.945. The van der Waals surface area contributed by atoms with Gasteiger partial charge in [-0.3, -0.25) is 33.6 Å². The van der Waals surface area contributed by atoms with Gasteiger partial charge in [0.05, 0.1) is 38.9 Å². The first-order chi connectivity index (χ1) is 65.9. The van der Waals surface area contributed by atoms with Crippen molar-refractivity contribution in [1.29, 1.82) is 0 Å². The van der Waals surface area contributed by atoms with E-state index in [4.69, 9.17) is 33.2 Å². The van der Waals surface area contributed by atoms with Crippen molar-refractivity contribution in [2.24, 2.45) is 203 Å². The average molecular weight is 1960 g/mol. The summed E-state index contributed by atoms with van der Waals surface area (Å²) in [5, 5.41) is 0. The minimum atomic E-state index is -0.362. The third-order valence-corrected chi connectivity index (χ3v) is 47.4. The lowest BCUT2D eigenvalue weighted by Crippen LogP contribution is -2.60. The number of rotatable bonds is 28. The molecule has 0 saturated heterocycles. The summed E-state index contributed by atoms with van der Waals surface area (Å²) in [7, 11) is 0. The maximum Gasteiger partial charge on any atom is 0.312 e. The molecule has 28 fully saturated rings. The van der Waals surface area contributed by atoms with Gasteiger partial charge in [0.15, 0.2) is 0 Å². The van der Waals surface area contributed by atoms with Crippen LogP contribution < -0.4 is 0 Å². The number of carbonyl (C=O) groups is 7. The molecule has 804 valence electrons. The highest BCUT2D eigenvalue weighted by Crippen LogP contribution is 2.71. The van der Waals surface area contributed by atoms with Gasteiger partial charge in [-0.2, -0.15) is 0 Å². The number of esters is 7. The monoisotopic (exact) mass is 1960 g/mol. The zero-order valence-electron chi connectivity index (χ0n) is 96.0. The molecule has 0 aromatic heterocycles. The van der Waals surface area contributed by atoms with Gasteiger partial charge in [-0.05, 0) is 581 Å². The predicted molar refractivity (Wildman–Crippen MR) is 566 cm³/mol. The van der Waals surface area contributed by atoms with Gasteiger partial charge >= 0.3 is 41.8 Å². The molecule has 141 heavy (non-hydrogen) atoms. The smallest absolute Gasteiger partial charge is 0.312 e. The topological polar surface area (TPSA) is 184 Å². The van der Waals surface area contributed by atoms with Crippen LogP contribution in [-0.2, 0) is 66.7 Å². The summed E-state index contributed by atoms with van der Waals surface area (Å²) in [6.45, 7) is 60.7. The van der Waals surface area contributed by atoms with E-state index < -0.39 is 0 Å². The van der Waals surface area contributed by atoms with Crippen molar-refractivity contribution in [3.05, 3.63) is 0 Å². The van der Waals surface area contributed by atoms with Crippen LogP contribution in [0.3, 0.4) is 0 Å². The summed E-state index contributed by atoms with van der Waals surface area (Å²) in [6, 6.07) is 0. The summed E-state index contributed by atoms with van der Waals surface area (Å²) in [5.74, 6) is 20.8. The van der Waals surface area contributed by atoms with Gasteiger partial charge < -0.3 is 33.2 Å². The summed E-state index contributed by atoms with van der Waals surface area (Å²) in [4.78, 5) is 87.5. The van der Waals surface area contributed by atoms with Crippen LogP contribution in [-0.4, -0.2) is 81.0 Å². The van der Waals surface area contributed by atoms with Crippen LogP contribution in [0, 0.1) is 203 Å². The first kappa shape index (κ1) is 111. The Morgan fingerprint density at radius 1 is 0.248 bits per heavy atom. The minimum Gasteiger partial charge on any atom is -0.459 e. The Bertz CT molecular complexity index is 4020. The molecule has 0 radical (unpaired) electrons. The molecule has 28 bridgehead atoms. The van der Waals surface area contributed by atoms with Gasteiger partial charge in [0, 0.05) is 16.2 Å². The maximum atomic E-state index is 12.8. The number of unbranched alkanes of at least 4 members (excludes halogenated alkanes) is 1. The molecule has 14 nitrogen and oxygen atoms in total. The van der Waals surface area contributed by atoms with Gasteiger partial charge in [-0.1, -0.05) is 82.6 Å². The summed E-state index contributed by atoms with van der Waals surface area (Å²) < 4.78 is 43.2. The number of ether oxygens (including phenoxy) is 7. The number of hydrogen-bond acceptors (Lipinski definition) is 14. The normalized spacial score (nSPS) is 41.6. The van der Waals surface area contributed by atoms with Crippen LogP contribution in [0.5, 0.6) is 0 Å². The third-order valence-electron chi connectivity index (χ3n) is 47.4. The second-order valence-corrected chi connectivity index (χ2v) is 59.7.